The van der Waals surface area contributed by atoms with Crippen LogP contribution in [0.25, 0.3) is 22.2 Å². The number of carbonyl (C=O) groups excluding carboxylic acids is 1. The van der Waals surface area contributed by atoms with Crippen LogP contribution in [0.2, 0.25) is 5.02 Å². The minimum absolute atomic E-state index is 0.0351. The normalized spacial score (nSPS) is 14.7. The number of carboxylic acid groups (broad SMARTS) is 1. The highest BCUT2D eigenvalue weighted by Gasteiger charge is 2.31. The number of piperidine rings is 1. The summed E-state index contributed by atoms with van der Waals surface area (Å²) in [6.45, 7) is 7.57. The van der Waals surface area contributed by atoms with Crippen LogP contribution < -0.4 is 5.32 Å². The number of aromatic nitrogens is 4. The molecule has 0 aliphatic carbocycles. The molecule has 0 bridgehead atoms. The zero-order valence-electron chi connectivity index (χ0n) is 24.3. The van der Waals surface area contributed by atoms with Gasteiger partial charge in [-0.25, -0.2) is 14.3 Å². The summed E-state index contributed by atoms with van der Waals surface area (Å²) in [4.78, 5) is 34.4. The van der Waals surface area contributed by atoms with Crippen molar-refractivity contribution in [1.29, 1.82) is 0 Å². The van der Waals surface area contributed by atoms with Gasteiger partial charge in [0.25, 0.3) is 5.91 Å². The third kappa shape index (κ3) is 5.54. The van der Waals surface area contributed by atoms with E-state index in [1.807, 2.05) is 31.9 Å². The van der Waals surface area contributed by atoms with E-state index in [1.165, 1.54) is 4.57 Å². The molecule has 1 fully saturated rings. The minimum Gasteiger partial charge on any atom is -0.464 e. The number of hydrogen-bond acceptors (Lipinski definition) is 6. The Balaban J connectivity index is 1.46. The zero-order chi connectivity index (χ0) is 29.6. The Kier molecular flexibility index (Phi) is 7.56. The Morgan fingerprint density at radius 1 is 1.12 bits per heavy atom. The number of nitrogens with one attached hydrogen (secondary N) is 1. The number of carbonyl (C=O) groups is 2. The van der Waals surface area contributed by atoms with Crippen LogP contribution in [0.5, 0.6) is 0 Å². The van der Waals surface area contributed by atoms with Crippen molar-refractivity contribution in [3.8, 4) is 11.3 Å². The fraction of sp³-hybridized carbons (Fsp3) is 0.400. The predicted molar refractivity (Wildman–Crippen MR) is 161 cm³/mol. The Morgan fingerprint density at radius 3 is 2.39 bits per heavy atom. The van der Waals surface area contributed by atoms with Gasteiger partial charge in [-0.2, -0.15) is 5.10 Å². The van der Waals surface area contributed by atoms with E-state index in [1.54, 1.807) is 48.4 Å². The van der Waals surface area contributed by atoms with Crippen LogP contribution in [-0.4, -0.2) is 79.5 Å². The number of rotatable bonds is 5. The minimum atomic E-state index is -1.10. The molecule has 10 nitrogen and oxygen atoms in total. The van der Waals surface area contributed by atoms with Gasteiger partial charge in [-0.05, 0) is 56.1 Å². The van der Waals surface area contributed by atoms with Crippen LogP contribution >= 0.6 is 11.6 Å². The quantitative estimate of drug-likeness (QED) is 0.307. The predicted octanol–water partition coefficient (Wildman–Crippen LogP) is 5.82. The van der Waals surface area contributed by atoms with Gasteiger partial charge < -0.3 is 20.2 Å². The largest absolute Gasteiger partial charge is 0.464 e. The van der Waals surface area contributed by atoms with Crippen molar-refractivity contribution in [3.63, 3.8) is 0 Å². The van der Waals surface area contributed by atoms with Crippen LogP contribution in [0.3, 0.4) is 0 Å². The molecule has 3 aromatic heterocycles. The molecule has 41 heavy (non-hydrogen) atoms. The zero-order valence-corrected chi connectivity index (χ0v) is 25.0. The number of amides is 1. The topological polar surface area (TPSA) is 109 Å². The number of likely N-dealkylation sites (tertiary alicyclic amines) is 1. The summed E-state index contributed by atoms with van der Waals surface area (Å²) < 4.78 is 2.95. The van der Waals surface area contributed by atoms with Gasteiger partial charge in [-0.15, -0.1) is 0 Å². The van der Waals surface area contributed by atoms with Crippen molar-refractivity contribution in [3.05, 3.63) is 59.0 Å². The Morgan fingerprint density at radius 2 is 1.83 bits per heavy atom. The summed E-state index contributed by atoms with van der Waals surface area (Å²) in [6.07, 6.45) is 5.96. The monoisotopic (exact) mass is 577 g/mol. The lowest BCUT2D eigenvalue weighted by Crippen LogP contribution is -2.44. The fourth-order valence-electron chi connectivity index (χ4n) is 5.68. The summed E-state index contributed by atoms with van der Waals surface area (Å²) >= 11 is 6.62. The summed E-state index contributed by atoms with van der Waals surface area (Å²) in [5.74, 6) is 0.398. The van der Waals surface area contributed by atoms with Crippen LogP contribution in [0.1, 0.15) is 49.5 Å². The highest BCUT2D eigenvalue weighted by Crippen LogP contribution is 2.41. The van der Waals surface area contributed by atoms with E-state index in [9.17, 15) is 14.7 Å². The molecule has 2 N–H and O–H groups in total. The molecule has 0 radical (unpaired) electrons. The fourth-order valence-corrected chi connectivity index (χ4v) is 5.91. The molecule has 0 unspecified atom stereocenters. The molecule has 0 atom stereocenters. The van der Waals surface area contributed by atoms with Gasteiger partial charge in [0.15, 0.2) is 0 Å². The third-order valence-corrected chi connectivity index (χ3v) is 8.05. The third-order valence-electron chi connectivity index (χ3n) is 7.73. The molecule has 1 aliphatic heterocycles. The smallest absolute Gasteiger partial charge is 0.416 e. The van der Waals surface area contributed by atoms with E-state index in [0.29, 0.717) is 58.0 Å². The molecule has 1 aliphatic rings. The first kappa shape index (κ1) is 28.6. The first-order valence-electron chi connectivity index (χ1n) is 13.6. The van der Waals surface area contributed by atoms with E-state index in [4.69, 9.17) is 11.6 Å². The number of anilines is 2. The van der Waals surface area contributed by atoms with Crippen LogP contribution in [0.15, 0.2) is 42.9 Å². The van der Waals surface area contributed by atoms with Crippen molar-refractivity contribution in [1.82, 2.24) is 29.1 Å². The van der Waals surface area contributed by atoms with Gasteiger partial charge in [0.05, 0.1) is 28.1 Å². The summed E-state index contributed by atoms with van der Waals surface area (Å²) in [6, 6.07) is 7.38. The summed E-state index contributed by atoms with van der Waals surface area (Å²) in [7, 11) is 5.94. The molecule has 11 heteroatoms. The second kappa shape index (κ2) is 10.8. The van der Waals surface area contributed by atoms with E-state index < -0.39 is 6.09 Å². The van der Waals surface area contributed by atoms with Gasteiger partial charge in [-0.1, -0.05) is 32.4 Å². The van der Waals surface area contributed by atoms with Crippen LogP contribution in [0, 0.1) is 0 Å². The average molecular weight is 578 g/mol. The molecule has 1 amide bonds. The molecule has 0 saturated carbocycles. The first-order chi connectivity index (χ1) is 19.3. The van der Waals surface area contributed by atoms with Crippen LogP contribution in [0.4, 0.5) is 16.3 Å². The molecular formula is C30H36ClN7O3. The molecule has 5 rings (SSSR count). The van der Waals surface area contributed by atoms with Crippen molar-refractivity contribution in [2.45, 2.75) is 45.1 Å². The number of benzene rings is 1. The highest BCUT2D eigenvalue weighted by molar-refractivity contribution is 6.33. The Bertz CT molecular complexity index is 1620. The number of pyridine rings is 1. The summed E-state index contributed by atoms with van der Waals surface area (Å²) in [5, 5.41) is 18.9. The van der Waals surface area contributed by atoms with Crippen molar-refractivity contribution in [2.75, 3.05) is 32.5 Å². The van der Waals surface area contributed by atoms with Crippen molar-refractivity contribution < 1.29 is 14.7 Å². The summed E-state index contributed by atoms with van der Waals surface area (Å²) in [5.41, 5.74) is 3.39. The lowest BCUT2D eigenvalue weighted by atomic mass is 9.84. The standard InChI is InChI=1S/C30H36ClN7O3/c1-30(2,3)26-21-16-32-25(14-24(21)38(29(40)41)27(26)19-15-33-36(6)17-19)34-23-8-7-18(13-22(23)31)28(39)37-11-9-20(10-12-37)35(4)5/h7-8,13-17,20H,9-12H2,1-6H3,(H,32,34)(H,40,41). The molecule has 4 aromatic rings. The van der Waals surface area contributed by atoms with E-state index in [-0.39, 0.29) is 11.3 Å². The SMILES string of the molecule is CN(C)C1CCN(C(=O)c2ccc(Nc3cc4c(cn3)c(C(C)(C)C)c(-c3cnn(C)c3)n4C(=O)O)c(Cl)c2)CC1. The van der Waals surface area contributed by atoms with E-state index in [2.05, 4.69) is 34.4 Å². The van der Waals surface area contributed by atoms with Gasteiger partial charge in [-0.3, -0.25) is 9.48 Å². The average Bonchev–Trinajstić information content (AvgIpc) is 3.50. The maximum absolute atomic E-state index is 13.1. The molecule has 1 saturated heterocycles. The first-order valence-corrected chi connectivity index (χ1v) is 14.0. The Labute approximate surface area is 244 Å². The maximum atomic E-state index is 13.1. The van der Waals surface area contributed by atoms with E-state index >= 15 is 0 Å². The van der Waals surface area contributed by atoms with Crippen molar-refractivity contribution >= 4 is 46.0 Å². The number of aryl methyl sites for hydroxylation is 1. The number of nitrogens with zero attached hydrogens (tertiary/aromatic N) is 6. The number of hydrogen-bond donors (Lipinski definition) is 2. The molecular weight excluding hydrogens is 542 g/mol. The van der Waals surface area contributed by atoms with Crippen molar-refractivity contribution in [2.24, 2.45) is 7.05 Å². The lowest BCUT2D eigenvalue weighted by Gasteiger charge is -2.35. The second-order valence-corrected chi connectivity index (χ2v) is 12.3. The van der Waals surface area contributed by atoms with E-state index in [0.717, 1.165) is 23.8 Å². The van der Waals surface area contributed by atoms with Crippen LogP contribution in [-0.2, 0) is 12.5 Å². The van der Waals surface area contributed by atoms with Gasteiger partial charge >= 0.3 is 6.09 Å². The second-order valence-electron chi connectivity index (χ2n) is 11.9. The molecule has 4 heterocycles. The number of fused-ring (bicyclic) bond motifs is 1. The van der Waals surface area contributed by atoms with Gasteiger partial charge in [0.1, 0.15) is 5.82 Å². The van der Waals surface area contributed by atoms with Gasteiger partial charge in [0.2, 0.25) is 0 Å². The van der Waals surface area contributed by atoms with Gasteiger partial charge in [0, 0.05) is 61.2 Å². The highest BCUT2D eigenvalue weighted by atomic mass is 35.5. The Hall–Kier alpha value is -3.89. The number of halogens is 1. The maximum Gasteiger partial charge on any atom is 0.416 e. The molecule has 216 valence electrons. The lowest BCUT2D eigenvalue weighted by molar-refractivity contribution is 0.0663. The molecule has 0 spiro atoms. The molecule has 1 aromatic carbocycles.